The van der Waals surface area contributed by atoms with Crippen LogP contribution in [0.15, 0.2) is 59.1 Å². The summed E-state index contributed by atoms with van der Waals surface area (Å²) in [6.07, 6.45) is 2.62. The quantitative estimate of drug-likeness (QED) is 0.853. The Morgan fingerprint density at radius 2 is 1.84 bits per heavy atom. The van der Waals surface area contributed by atoms with Gasteiger partial charge in [0.05, 0.1) is 0 Å². The molecule has 0 fully saturated rings. The molecule has 0 aliphatic carbocycles. The molecule has 2 rings (SSSR count). The maximum absolute atomic E-state index is 10.5. The first-order valence-corrected chi connectivity index (χ1v) is 6.37. The Morgan fingerprint density at radius 3 is 2.53 bits per heavy atom. The zero-order chi connectivity index (χ0) is 13.7. The zero-order valence-corrected chi connectivity index (χ0v) is 11.5. The van der Waals surface area contributed by atoms with Gasteiger partial charge in [0, 0.05) is 10.5 Å². The largest absolute Gasteiger partial charge is 0.478 e. The first kappa shape index (κ1) is 13.4. The van der Waals surface area contributed by atoms with E-state index in [1.54, 1.807) is 6.07 Å². The molecule has 0 amide bonds. The van der Waals surface area contributed by atoms with E-state index in [4.69, 9.17) is 9.84 Å². The molecule has 19 heavy (non-hydrogen) atoms. The SMILES string of the molecule is O=C(O)C=Cc1cccc(Oc2ccc(Br)cc2)c1. The van der Waals surface area contributed by atoms with Crippen molar-refractivity contribution in [1.82, 2.24) is 0 Å². The Balaban J connectivity index is 2.15. The standard InChI is InChI=1S/C15H11BrO3/c16-12-5-7-13(8-6-12)19-14-3-1-2-11(10-14)4-9-15(17)18/h1-10H,(H,17,18). The number of hydrogen-bond donors (Lipinski definition) is 1. The van der Waals surface area contributed by atoms with Gasteiger partial charge < -0.3 is 9.84 Å². The minimum Gasteiger partial charge on any atom is -0.478 e. The third-order valence-electron chi connectivity index (χ3n) is 2.33. The Kier molecular flexibility index (Phi) is 4.36. The molecule has 0 bridgehead atoms. The summed E-state index contributed by atoms with van der Waals surface area (Å²) in [5.74, 6) is 0.414. The van der Waals surface area contributed by atoms with Crippen LogP contribution in [0.5, 0.6) is 11.5 Å². The van der Waals surface area contributed by atoms with E-state index in [-0.39, 0.29) is 0 Å². The lowest BCUT2D eigenvalue weighted by atomic mass is 10.2. The number of carboxylic acid groups (broad SMARTS) is 1. The first-order valence-electron chi connectivity index (χ1n) is 5.58. The van der Waals surface area contributed by atoms with Crippen LogP contribution in [0.1, 0.15) is 5.56 Å². The monoisotopic (exact) mass is 318 g/mol. The van der Waals surface area contributed by atoms with E-state index < -0.39 is 5.97 Å². The molecule has 3 nitrogen and oxygen atoms in total. The second-order valence-electron chi connectivity index (χ2n) is 3.80. The normalized spacial score (nSPS) is 10.6. The van der Waals surface area contributed by atoms with Crippen LogP contribution in [0.25, 0.3) is 6.08 Å². The maximum Gasteiger partial charge on any atom is 0.328 e. The second-order valence-corrected chi connectivity index (χ2v) is 4.72. The molecular formula is C15H11BrO3. The van der Waals surface area contributed by atoms with E-state index in [1.165, 1.54) is 6.08 Å². The molecule has 0 aliphatic heterocycles. The Hall–Kier alpha value is -2.07. The molecule has 0 saturated carbocycles. The number of hydrogen-bond acceptors (Lipinski definition) is 2. The average molecular weight is 319 g/mol. The van der Waals surface area contributed by atoms with E-state index in [0.717, 1.165) is 21.9 Å². The fraction of sp³-hybridized carbons (Fsp3) is 0. The van der Waals surface area contributed by atoms with E-state index in [1.807, 2.05) is 42.5 Å². The molecule has 0 radical (unpaired) electrons. The van der Waals surface area contributed by atoms with Crippen molar-refractivity contribution in [2.45, 2.75) is 0 Å². The maximum atomic E-state index is 10.5. The molecule has 0 spiro atoms. The minimum absolute atomic E-state index is 0.662. The third-order valence-corrected chi connectivity index (χ3v) is 2.85. The molecule has 0 heterocycles. The van der Waals surface area contributed by atoms with Crippen molar-refractivity contribution in [3.8, 4) is 11.5 Å². The van der Waals surface area contributed by atoms with Gasteiger partial charge in [-0.2, -0.15) is 0 Å². The van der Waals surface area contributed by atoms with Crippen molar-refractivity contribution in [2.75, 3.05) is 0 Å². The van der Waals surface area contributed by atoms with Crippen LogP contribution >= 0.6 is 15.9 Å². The summed E-state index contributed by atoms with van der Waals surface area (Å²) in [7, 11) is 0. The highest BCUT2D eigenvalue weighted by molar-refractivity contribution is 9.10. The van der Waals surface area contributed by atoms with Gasteiger partial charge >= 0.3 is 5.97 Å². The molecule has 0 aromatic heterocycles. The summed E-state index contributed by atoms with van der Waals surface area (Å²) in [6, 6.07) is 14.7. The van der Waals surface area contributed by atoms with E-state index in [2.05, 4.69) is 15.9 Å². The molecule has 1 N–H and O–H groups in total. The number of aliphatic carboxylic acids is 1. The van der Waals surface area contributed by atoms with Gasteiger partial charge in [-0.1, -0.05) is 28.1 Å². The molecule has 0 unspecified atom stereocenters. The molecule has 0 atom stereocenters. The summed E-state index contributed by atoms with van der Waals surface area (Å²) >= 11 is 3.36. The zero-order valence-electron chi connectivity index (χ0n) is 9.92. The van der Waals surface area contributed by atoms with Gasteiger partial charge in [-0.3, -0.25) is 0 Å². The summed E-state index contributed by atoms with van der Waals surface area (Å²) in [6.45, 7) is 0. The average Bonchev–Trinajstić information content (AvgIpc) is 2.40. The van der Waals surface area contributed by atoms with Gasteiger partial charge in [0.15, 0.2) is 0 Å². The van der Waals surface area contributed by atoms with Crippen LogP contribution in [0.2, 0.25) is 0 Å². The van der Waals surface area contributed by atoms with Crippen LogP contribution < -0.4 is 4.74 Å². The summed E-state index contributed by atoms with van der Waals surface area (Å²) in [4.78, 5) is 10.5. The van der Waals surface area contributed by atoms with Crippen LogP contribution in [0.4, 0.5) is 0 Å². The lowest BCUT2D eigenvalue weighted by Gasteiger charge is -2.06. The number of ether oxygens (including phenoxy) is 1. The van der Waals surface area contributed by atoms with Crippen molar-refractivity contribution in [1.29, 1.82) is 0 Å². The number of rotatable bonds is 4. The van der Waals surface area contributed by atoms with Crippen molar-refractivity contribution in [2.24, 2.45) is 0 Å². The van der Waals surface area contributed by atoms with Crippen LogP contribution in [-0.2, 0) is 4.79 Å². The van der Waals surface area contributed by atoms with Gasteiger partial charge in [-0.25, -0.2) is 4.79 Å². The molecule has 0 saturated heterocycles. The summed E-state index contributed by atoms with van der Waals surface area (Å²) < 4.78 is 6.66. The lowest BCUT2D eigenvalue weighted by molar-refractivity contribution is -0.131. The number of carboxylic acids is 1. The molecular weight excluding hydrogens is 308 g/mol. The van der Waals surface area contributed by atoms with E-state index >= 15 is 0 Å². The summed E-state index contributed by atoms with van der Waals surface area (Å²) in [5, 5.41) is 8.58. The number of carbonyl (C=O) groups is 1. The van der Waals surface area contributed by atoms with Crippen molar-refractivity contribution in [3.63, 3.8) is 0 Å². The molecule has 96 valence electrons. The fourth-order valence-electron chi connectivity index (χ4n) is 1.49. The van der Waals surface area contributed by atoms with Crippen LogP contribution in [0.3, 0.4) is 0 Å². The topological polar surface area (TPSA) is 46.5 Å². The van der Waals surface area contributed by atoms with Gasteiger partial charge in [-0.05, 0) is 48.0 Å². The van der Waals surface area contributed by atoms with Crippen molar-refractivity contribution < 1.29 is 14.6 Å². The van der Waals surface area contributed by atoms with Gasteiger partial charge in [0.25, 0.3) is 0 Å². The van der Waals surface area contributed by atoms with Crippen LogP contribution in [0, 0.1) is 0 Å². The predicted octanol–water partition coefficient (Wildman–Crippen LogP) is 4.34. The second kappa shape index (κ2) is 6.20. The smallest absolute Gasteiger partial charge is 0.328 e. The minimum atomic E-state index is -0.973. The Labute approximate surface area is 119 Å². The molecule has 2 aromatic rings. The van der Waals surface area contributed by atoms with E-state index in [9.17, 15) is 4.79 Å². The Bertz CT molecular complexity index is 603. The Morgan fingerprint density at radius 1 is 1.11 bits per heavy atom. The highest BCUT2D eigenvalue weighted by Gasteiger charge is 1.98. The van der Waals surface area contributed by atoms with Gasteiger partial charge in [0.2, 0.25) is 0 Å². The number of benzene rings is 2. The predicted molar refractivity (Wildman–Crippen MR) is 77.3 cm³/mol. The fourth-order valence-corrected chi connectivity index (χ4v) is 1.75. The molecule has 0 aliphatic rings. The first-order chi connectivity index (χ1) is 9.13. The lowest BCUT2D eigenvalue weighted by Crippen LogP contribution is -1.87. The van der Waals surface area contributed by atoms with E-state index in [0.29, 0.717) is 5.75 Å². The highest BCUT2D eigenvalue weighted by atomic mass is 79.9. The van der Waals surface area contributed by atoms with Crippen molar-refractivity contribution in [3.05, 3.63) is 64.6 Å². The molecule has 4 heteroatoms. The molecule has 2 aromatic carbocycles. The third kappa shape index (κ3) is 4.26. The van der Waals surface area contributed by atoms with Crippen LogP contribution in [-0.4, -0.2) is 11.1 Å². The highest BCUT2D eigenvalue weighted by Crippen LogP contribution is 2.24. The van der Waals surface area contributed by atoms with Gasteiger partial charge in [-0.15, -0.1) is 0 Å². The van der Waals surface area contributed by atoms with Crippen molar-refractivity contribution >= 4 is 28.0 Å². The number of halogens is 1. The summed E-state index contributed by atoms with van der Waals surface area (Å²) in [5.41, 5.74) is 0.775. The van der Waals surface area contributed by atoms with Gasteiger partial charge in [0.1, 0.15) is 11.5 Å².